The third-order valence-electron chi connectivity index (χ3n) is 5.10. The topological polar surface area (TPSA) is 51.0 Å². The lowest BCUT2D eigenvalue weighted by atomic mass is 9.91. The molecule has 1 aromatic heterocycles. The number of hydrogen-bond acceptors (Lipinski definition) is 3. The van der Waals surface area contributed by atoms with Crippen molar-refractivity contribution < 1.29 is 4.79 Å². The molecule has 0 spiro atoms. The Hall–Kier alpha value is -2.95. The van der Waals surface area contributed by atoms with E-state index in [1.807, 2.05) is 41.3 Å². The molecule has 1 aliphatic heterocycles. The Morgan fingerprint density at radius 3 is 2.38 bits per heavy atom. The number of nitrogens with zero attached hydrogens (tertiary/aromatic N) is 4. The van der Waals surface area contributed by atoms with Crippen molar-refractivity contribution in [2.24, 2.45) is 0 Å². The van der Waals surface area contributed by atoms with Gasteiger partial charge in [-0.2, -0.15) is 0 Å². The minimum absolute atomic E-state index is 0.108. The first kappa shape index (κ1) is 16.5. The highest BCUT2D eigenvalue weighted by Gasteiger charge is 2.42. The standard InChI is InChI=1S/C21H22N4O/c1-21(2)13-17(16-9-5-3-6-10-16)14-24(21)20(26)19-22-15-25(23-19)18-11-7-4-8-12-18/h3-12,15,17H,13-14H2,1-2H3. The summed E-state index contributed by atoms with van der Waals surface area (Å²) in [6.45, 7) is 4.92. The molecule has 2 aromatic carbocycles. The lowest BCUT2D eigenvalue weighted by molar-refractivity contribution is 0.0638. The number of aromatic nitrogens is 3. The normalized spacial score (nSPS) is 18.8. The van der Waals surface area contributed by atoms with Crippen LogP contribution < -0.4 is 0 Å². The maximum Gasteiger partial charge on any atom is 0.294 e. The van der Waals surface area contributed by atoms with E-state index in [4.69, 9.17) is 0 Å². The van der Waals surface area contributed by atoms with Gasteiger partial charge in [-0.25, -0.2) is 9.67 Å². The Balaban J connectivity index is 1.57. The van der Waals surface area contributed by atoms with Crippen molar-refractivity contribution in [2.75, 3.05) is 6.54 Å². The fraction of sp³-hybridized carbons (Fsp3) is 0.286. The molecule has 0 N–H and O–H groups in total. The highest BCUT2D eigenvalue weighted by atomic mass is 16.2. The number of benzene rings is 2. The van der Waals surface area contributed by atoms with Gasteiger partial charge in [0.05, 0.1) is 5.69 Å². The maximum atomic E-state index is 13.1. The van der Waals surface area contributed by atoms with Gasteiger partial charge in [-0.15, -0.1) is 5.10 Å². The lowest BCUT2D eigenvalue weighted by Gasteiger charge is -2.30. The van der Waals surface area contributed by atoms with Crippen LogP contribution in [0, 0.1) is 0 Å². The summed E-state index contributed by atoms with van der Waals surface area (Å²) >= 11 is 0. The minimum atomic E-state index is -0.226. The van der Waals surface area contributed by atoms with Crippen LogP contribution in [0.1, 0.15) is 42.4 Å². The fourth-order valence-electron chi connectivity index (χ4n) is 3.74. The molecule has 1 unspecified atom stereocenters. The fourth-order valence-corrected chi connectivity index (χ4v) is 3.74. The van der Waals surface area contributed by atoms with Crippen LogP contribution in [-0.4, -0.2) is 37.7 Å². The zero-order chi connectivity index (χ0) is 18.1. The van der Waals surface area contributed by atoms with Crippen LogP contribution in [0.4, 0.5) is 0 Å². The molecule has 0 saturated carbocycles. The summed E-state index contributed by atoms with van der Waals surface area (Å²) in [5, 5.41) is 4.40. The van der Waals surface area contributed by atoms with Crippen LogP contribution in [-0.2, 0) is 0 Å². The highest BCUT2D eigenvalue weighted by Crippen LogP contribution is 2.39. The lowest BCUT2D eigenvalue weighted by Crippen LogP contribution is -2.43. The summed E-state index contributed by atoms with van der Waals surface area (Å²) in [6.07, 6.45) is 2.53. The van der Waals surface area contributed by atoms with Gasteiger partial charge in [0, 0.05) is 18.0 Å². The number of rotatable bonds is 3. The van der Waals surface area contributed by atoms with Crippen LogP contribution in [0.2, 0.25) is 0 Å². The number of likely N-dealkylation sites (tertiary alicyclic amines) is 1. The molecule has 26 heavy (non-hydrogen) atoms. The molecule has 0 radical (unpaired) electrons. The average molecular weight is 346 g/mol. The quantitative estimate of drug-likeness (QED) is 0.727. The Labute approximate surface area is 153 Å². The van der Waals surface area contributed by atoms with E-state index in [9.17, 15) is 4.79 Å². The third-order valence-corrected chi connectivity index (χ3v) is 5.10. The number of carbonyl (C=O) groups excluding carboxylic acids is 1. The SMILES string of the molecule is CC1(C)CC(c2ccccc2)CN1C(=O)c1ncn(-c2ccccc2)n1. The summed E-state index contributed by atoms with van der Waals surface area (Å²) in [5.74, 6) is 0.477. The van der Waals surface area contributed by atoms with Crippen LogP contribution >= 0.6 is 0 Å². The molecule has 132 valence electrons. The van der Waals surface area contributed by atoms with E-state index in [1.54, 1.807) is 11.0 Å². The van der Waals surface area contributed by atoms with Gasteiger partial charge in [0.2, 0.25) is 5.82 Å². The van der Waals surface area contributed by atoms with Crippen molar-refractivity contribution in [3.63, 3.8) is 0 Å². The zero-order valence-electron chi connectivity index (χ0n) is 15.0. The van der Waals surface area contributed by atoms with Crippen LogP contribution in [0.25, 0.3) is 5.69 Å². The molecular weight excluding hydrogens is 324 g/mol. The van der Waals surface area contributed by atoms with E-state index in [0.29, 0.717) is 12.5 Å². The molecule has 1 atom stereocenters. The maximum absolute atomic E-state index is 13.1. The monoisotopic (exact) mass is 346 g/mol. The second-order valence-corrected chi connectivity index (χ2v) is 7.39. The Morgan fingerprint density at radius 1 is 1.04 bits per heavy atom. The Morgan fingerprint density at radius 2 is 1.69 bits per heavy atom. The Bertz CT molecular complexity index is 902. The number of amides is 1. The van der Waals surface area contributed by atoms with Gasteiger partial charge < -0.3 is 4.90 Å². The van der Waals surface area contributed by atoms with Crippen molar-refractivity contribution in [1.82, 2.24) is 19.7 Å². The van der Waals surface area contributed by atoms with Crippen LogP contribution in [0.3, 0.4) is 0 Å². The second kappa shape index (κ2) is 6.41. The first-order valence-corrected chi connectivity index (χ1v) is 8.88. The summed E-state index contributed by atoms with van der Waals surface area (Å²) in [4.78, 5) is 19.2. The number of para-hydroxylation sites is 1. The van der Waals surface area contributed by atoms with Gasteiger partial charge >= 0.3 is 0 Å². The molecule has 1 amide bonds. The second-order valence-electron chi connectivity index (χ2n) is 7.39. The molecule has 5 nitrogen and oxygen atoms in total. The summed E-state index contributed by atoms with van der Waals surface area (Å²) < 4.78 is 1.64. The molecule has 2 heterocycles. The van der Waals surface area contributed by atoms with E-state index < -0.39 is 0 Å². The third kappa shape index (κ3) is 3.01. The van der Waals surface area contributed by atoms with Gasteiger partial charge in [0.1, 0.15) is 6.33 Å². The Kier molecular flexibility index (Phi) is 4.07. The zero-order valence-corrected chi connectivity index (χ0v) is 15.0. The van der Waals surface area contributed by atoms with E-state index in [2.05, 4.69) is 48.2 Å². The van der Waals surface area contributed by atoms with E-state index in [1.165, 1.54) is 5.56 Å². The molecule has 1 saturated heterocycles. The highest BCUT2D eigenvalue weighted by molar-refractivity contribution is 5.91. The summed E-state index contributed by atoms with van der Waals surface area (Å²) in [5.41, 5.74) is 1.94. The summed E-state index contributed by atoms with van der Waals surface area (Å²) in [6, 6.07) is 20.1. The first-order chi connectivity index (χ1) is 12.5. The molecule has 0 aliphatic carbocycles. The molecule has 5 heteroatoms. The van der Waals surface area contributed by atoms with Crippen molar-refractivity contribution in [2.45, 2.75) is 31.7 Å². The first-order valence-electron chi connectivity index (χ1n) is 8.88. The predicted octanol–water partition coefficient (Wildman–Crippen LogP) is 3.68. The van der Waals surface area contributed by atoms with Crippen molar-refractivity contribution >= 4 is 5.91 Å². The minimum Gasteiger partial charge on any atom is -0.330 e. The van der Waals surface area contributed by atoms with Crippen molar-refractivity contribution in [1.29, 1.82) is 0 Å². The van der Waals surface area contributed by atoms with Gasteiger partial charge in [-0.1, -0.05) is 48.5 Å². The van der Waals surface area contributed by atoms with Crippen molar-refractivity contribution in [3.05, 3.63) is 78.4 Å². The average Bonchev–Trinajstić information content (AvgIpc) is 3.27. The van der Waals surface area contributed by atoms with E-state index in [-0.39, 0.29) is 17.3 Å². The van der Waals surface area contributed by atoms with Gasteiger partial charge in [0.15, 0.2) is 0 Å². The smallest absolute Gasteiger partial charge is 0.294 e. The van der Waals surface area contributed by atoms with E-state index in [0.717, 1.165) is 12.1 Å². The number of hydrogen-bond donors (Lipinski definition) is 0. The molecule has 4 rings (SSSR count). The summed E-state index contributed by atoms with van der Waals surface area (Å²) in [7, 11) is 0. The molecule has 1 fully saturated rings. The van der Waals surface area contributed by atoms with Gasteiger partial charge in [-0.05, 0) is 38.0 Å². The van der Waals surface area contributed by atoms with Gasteiger partial charge in [-0.3, -0.25) is 4.79 Å². The molecular formula is C21H22N4O. The van der Waals surface area contributed by atoms with E-state index >= 15 is 0 Å². The van der Waals surface area contributed by atoms with Crippen LogP contribution in [0.5, 0.6) is 0 Å². The molecule has 0 bridgehead atoms. The van der Waals surface area contributed by atoms with Gasteiger partial charge in [0.25, 0.3) is 5.91 Å². The molecule has 3 aromatic rings. The molecule has 1 aliphatic rings. The number of carbonyl (C=O) groups is 1. The largest absolute Gasteiger partial charge is 0.330 e. The van der Waals surface area contributed by atoms with Crippen LogP contribution in [0.15, 0.2) is 67.0 Å². The predicted molar refractivity (Wildman–Crippen MR) is 100 cm³/mol. The van der Waals surface area contributed by atoms with Crippen molar-refractivity contribution in [3.8, 4) is 5.69 Å².